The van der Waals surface area contributed by atoms with Gasteiger partial charge in [0.15, 0.2) is 5.78 Å². The monoisotopic (exact) mass is 341 g/mol. The molecule has 2 aromatic rings. The molecular formula is C20H24FN3O. The molecule has 0 aliphatic carbocycles. The fraction of sp³-hybridized carbons (Fsp3) is 0.400. The van der Waals surface area contributed by atoms with Gasteiger partial charge in [0.1, 0.15) is 5.82 Å². The topological polar surface area (TPSA) is 45.2 Å². The van der Waals surface area contributed by atoms with E-state index >= 15 is 0 Å². The van der Waals surface area contributed by atoms with Crippen molar-refractivity contribution >= 4 is 11.5 Å². The van der Waals surface area contributed by atoms with Gasteiger partial charge in [-0.25, -0.2) is 4.39 Å². The zero-order valence-electron chi connectivity index (χ0n) is 14.7. The number of likely N-dealkylation sites (tertiary alicyclic amines) is 1. The van der Waals surface area contributed by atoms with Crippen LogP contribution in [0.2, 0.25) is 0 Å². The Bertz CT molecular complexity index is 735. The molecule has 0 bridgehead atoms. The molecule has 25 heavy (non-hydrogen) atoms. The molecule has 1 aromatic heterocycles. The molecule has 1 aliphatic heterocycles. The van der Waals surface area contributed by atoms with Crippen LogP contribution >= 0.6 is 0 Å². The van der Waals surface area contributed by atoms with E-state index in [2.05, 4.69) is 22.1 Å². The molecule has 5 heteroatoms. The Morgan fingerprint density at radius 1 is 1.32 bits per heavy atom. The fourth-order valence-electron chi connectivity index (χ4n) is 3.51. The van der Waals surface area contributed by atoms with Crippen LogP contribution < -0.4 is 5.32 Å². The van der Waals surface area contributed by atoms with Crippen LogP contribution in [0.4, 0.5) is 10.1 Å². The van der Waals surface area contributed by atoms with Crippen molar-refractivity contribution in [2.45, 2.75) is 32.9 Å². The maximum atomic E-state index is 14.0. The minimum Gasteiger partial charge on any atom is -0.381 e. The van der Waals surface area contributed by atoms with Gasteiger partial charge in [0, 0.05) is 37.6 Å². The van der Waals surface area contributed by atoms with E-state index in [1.165, 1.54) is 13.0 Å². The molecule has 0 saturated carbocycles. The largest absolute Gasteiger partial charge is 0.381 e. The van der Waals surface area contributed by atoms with Gasteiger partial charge in [-0.05, 0) is 43.5 Å². The molecule has 132 valence electrons. The third-order valence-electron chi connectivity index (χ3n) is 4.81. The van der Waals surface area contributed by atoms with E-state index in [0.29, 0.717) is 11.6 Å². The highest BCUT2D eigenvalue weighted by molar-refractivity contribution is 5.99. The van der Waals surface area contributed by atoms with Gasteiger partial charge >= 0.3 is 0 Å². The molecule has 1 fully saturated rings. The molecule has 0 unspecified atom stereocenters. The Balaban J connectivity index is 1.65. The van der Waals surface area contributed by atoms with Gasteiger partial charge in [-0.3, -0.25) is 14.7 Å². The number of piperidine rings is 1. The highest BCUT2D eigenvalue weighted by atomic mass is 19.1. The third-order valence-corrected chi connectivity index (χ3v) is 4.81. The summed E-state index contributed by atoms with van der Waals surface area (Å²) in [6, 6.07) is 11.0. The highest BCUT2D eigenvalue weighted by Gasteiger charge is 2.27. The summed E-state index contributed by atoms with van der Waals surface area (Å²) < 4.78 is 14.0. The van der Waals surface area contributed by atoms with Crippen molar-refractivity contribution < 1.29 is 9.18 Å². The SMILES string of the molecule is CC(=O)c1c(F)cccc1N[C@@H]1CCN(Cc2ccccn2)C[C@@H]1C. The maximum Gasteiger partial charge on any atom is 0.164 e. The minimum absolute atomic E-state index is 0.158. The van der Waals surface area contributed by atoms with Gasteiger partial charge in [-0.1, -0.05) is 19.1 Å². The van der Waals surface area contributed by atoms with Gasteiger partial charge in [0.25, 0.3) is 0 Å². The second-order valence-corrected chi connectivity index (χ2v) is 6.79. The maximum absolute atomic E-state index is 14.0. The normalized spacial score (nSPS) is 21.1. The second-order valence-electron chi connectivity index (χ2n) is 6.79. The summed E-state index contributed by atoms with van der Waals surface area (Å²) in [7, 11) is 0. The highest BCUT2D eigenvalue weighted by Crippen LogP contribution is 2.26. The molecule has 0 radical (unpaired) electrons. The number of nitrogens with zero attached hydrogens (tertiary/aromatic N) is 2. The van der Waals surface area contributed by atoms with E-state index in [9.17, 15) is 9.18 Å². The Hall–Kier alpha value is -2.27. The van der Waals surface area contributed by atoms with Gasteiger partial charge < -0.3 is 5.32 Å². The lowest BCUT2D eigenvalue weighted by molar-refractivity contribution is 0.101. The van der Waals surface area contributed by atoms with E-state index in [1.807, 2.05) is 24.4 Å². The molecule has 1 N–H and O–H groups in total. The van der Waals surface area contributed by atoms with Crippen LogP contribution in [0.3, 0.4) is 0 Å². The van der Waals surface area contributed by atoms with Crippen molar-refractivity contribution in [3.8, 4) is 0 Å². The first-order valence-electron chi connectivity index (χ1n) is 8.73. The van der Waals surface area contributed by atoms with Crippen LogP contribution in [0.15, 0.2) is 42.6 Å². The first kappa shape index (κ1) is 17.5. The fourth-order valence-corrected chi connectivity index (χ4v) is 3.51. The molecule has 1 aliphatic rings. The number of carbonyl (C=O) groups is 1. The van der Waals surface area contributed by atoms with E-state index in [-0.39, 0.29) is 17.4 Å². The van der Waals surface area contributed by atoms with Crippen molar-refractivity contribution in [3.05, 3.63) is 59.7 Å². The van der Waals surface area contributed by atoms with Gasteiger partial charge in [-0.2, -0.15) is 0 Å². The van der Waals surface area contributed by atoms with E-state index in [4.69, 9.17) is 0 Å². The zero-order valence-corrected chi connectivity index (χ0v) is 14.7. The molecule has 1 aromatic carbocycles. The molecule has 1 saturated heterocycles. The molecule has 0 spiro atoms. The average Bonchev–Trinajstić information content (AvgIpc) is 2.58. The van der Waals surface area contributed by atoms with E-state index in [1.54, 1.807) is 12.1 Å². The Morgan fingerprint density at radius 3 is 2.84 bits per heavy atom. The van der Waals surface area contributed by atoms with Crippen molar-refractivity contribution in [1.29, 1.82) is 0 Å². The molecule has 4 nitrogen and oxygen atoms in total. The lowest BCUT2D eigenvalue weighted by atomic mass is 9.93. The first-order valence-corrected chi connectivity index (χ1v) is 8.73. The summed E-state index contributed by atoms with van der Waals surface area (Å²) >= 11 is 0. The second kappa shape index (κ2) is 7.74. The van der Waals surface area contributed by atoms with Crippen molar-refractivity contribution in [1.82, 2.24) is 9.88 Å². The van der Waals surface area contributed by atoms with Gasteiger partial charge in [-0.15, -0.1) is 0 Å². The number of hydrogen-bond donors (Lipinski definition) is 1. The van der Waals surface area contributed by atoms with Crippen molar-refractivity contribution in [3.63, 3.8) is 0 Å². The van der Waals surface area contributed by atoms with Crippen LogP contribution in [-0.4, -0.2) is 34.8 Å². The van der Waals surface area contributed by atoms with Crippen LogP contribution in [0.1, 0.15) is 36.3 Å². The van der Waals surface area contributed by atoms with Crippen LogP contribution in [0, 0.1) is 11.7 Å². The smallest absolute Gasteiger partial charge is 0.164 e. The van der Waals surface area contributed by atoms with Crippen molar-refractivity contribution in [2.75, 3.05) is 18.4 Å². The number of ketones is 1. The number of Topliss-reactive ketones (excluding diaryl/α,β-unsaturated/α-hetero) is 1. The summed E-state index contributed by atoms with van der Waals surface area (Å²) in [4.78, 5) is 18.6. The lowest BCUT2D eigenvalue weighted by Crippen LogP contribution is -2.45. The molecule has 2 atom stereocenters. The number of halogens is 1. The van der Waals surface area contributed by atoms with Crippen LogP contribution in [0.5, 0.6) is 0 Å². The Morgan fingerprint density at radius 2 is 2.16 bits per heavy atom. The predicted molar refractivity (Wildman–Crippen MR) is 97.1 cm³/mol. The molecule has 2 heterocycles. The molecular weight excluding hydrogens is 317 g/mol. The number of benzene rings is 1. The number of anilines is 1. The van der Waals surface area contributed by atoms with Crippen LogP contribution in [0.25, 0.3) is 0 Å². The predicted octanol–water partition coefficient (Wildman–Crippen LogP) is 3.75. The number of rotatable bonds is 5. The zero-order chi connectivity index (χ0) is 17.8. The van der Waals surface area contributed by atoms with Crippen molar-refractivity contribution in [2.24, 2.45) is 5.92 Å². The van der Waals surface area contributed by atoms with Gasteiger partial charge in [0.05, 0.1) is 11.3 Å². The number of pyridine rings is 1. The first-order chi connectivity index (χ1) is 12.0. The van der Waals surface area contributed by atoms with E-state index < -0.39 is 5.82 Å². The lowest BCUT2D eigenvalue weighted by Gasteiger charge is -2.37. The number of carbonyl (C=O) groups excluding carboxylic acids is 1. The van der Waals surface area contributed by atoms with Gasteiger partial charge in [0.2, 0.25) is 0 Å². The summed E-state index contributed by atoms with van der Waals surface area (Å²) in [6.45, 7) is 6.33. The third kappa shape index (κ3) is 4.23. The van der Waals surface area contributed by atoms with E-state index in [0.717, 1.165) is 31.7 Å². The molecule has 0 amide bonds. The quantitative estimate of drug-likeness (QED) is 0.842. The average molecular weight is 341 g/mol. The standard InChI is InChI=1S/C20H24FN3O/c1-14-12-24(13-16-6-3-4-10-22-16)11-9-18(14)23-19-8-5-7-17(21)20(19)15(2)25/h3-8,10,14,18,23H,9,11-13H2,1-2H3/t14-,18+/m0/s1. The summed E-state index contributed by atoms with van der Waals surface area (Å²) in [5, 5.41) is 3.40. The van der Waals surface area contributed by atoms with Crippen LogP contribution in [-0.2, 0) is 6.54 Å². The minimum atomic E-state index is -0.460. The Labute approximate surface area is 148 Å². The number of aromatic nitrogens is 1. The molecule has 3 rings (SSSR count). The Kier molecular flexibility index (Phi) is 5.43. The number of nitrogens with one attached hydrogen (secondary N) is 1. The summed E-state index contributed by atoms with van der Waals surface area (Å²) in [5.74, 6) is -0.320. The summed E-state index contributed by atoms with van der Waals surface area (Å²) in [6.07, 6.45) is 2.77. The summed E-state index contributed by atoms with van der Waals surface area (Å²) in [5.41, 5.74) is 1.83. The number of hydrogen-bond acceptors (Lipinski definition) is 4.